The Hall–Kier alpha value is -2.10. The molecule has 3 aromatic rings. The standard InChI is InChI=1S/C15H15N5OS3/c1-4-6-20-12(18-19-15(20)22)11-9(3)16-14(24-11)17-13(21)10-8(2)5-7-23-10/h4-5,7H,1,6H2,2-3H3,(H,19,22)(H,16,17,21). The molecule has 0 saturated carbocycles. The van der Waals surface area contributed by atoms with E-state index in [0.29, 0.717) is 27.1 Å². The number of nitrogens with one attached hydrogen (secondary N) is 2. The number of thiophene rings is 1. The van der Waals surface area contributed by atoms with E-state index in [0.717, 1.165) is 16.1 Å². The van der Waals surface area contributed by atoms with Gasteiger partial charge in [0.1, 0.15) is 0 Å². The van der Waals surface area contributed by atoms with E-state index >= 15 is 0 Å². The Balaban J connectivity index is 1.91. The average Bonchev–Trinajstić information content (AvgIpc) is 3.21. The van der Waals surface area contributed by atoms with Crippen LogP contribution in [0.4, 0.5) is 5.13 Å². The first kappa shape index (κ1) is 16.7. The highest BCUT2D eigenvalue weighted by Gasteiger charge is 2.18. The van der Waals surface area contributed by atoms with Crippen LogP contribution in [0.15, 0.2) is 24.1 Å². The number of anilines is 1. The first-order chi connectivity index (χ1) is 11.5. The lowest BCUT2D eigenvalue weighted by molar-refractivity contribution is 0.103. The van der Waals surface area contributed by atoms with E-state index in [9.17, 15) is 4.79 Å². The molecule has 0 atom stereocenters. The van der Waals surface area contributed by atoms with Crippen LogP contribution in [0.3, 0.4) is 0 Å². The van der Waals surface area contributed by atoms with Crippen molar-refractivity contribution in [1.29, 1.82) is 0 Å². The number of aromatic amines is 1. The summed E-state index contributed by atoms with van der Waals surface area (Å²) in [6.07, 6.45) is 1.76. The van der Waals surface area contributed by atoms with E-state index < -0.39 is 0 Å². The van der Waals surface area contributed by atoms with Gasteiger partial charge in [-0.25, -0.2) is 4.98 Å². The molecular weight excluding hydrogens is 362 g/mol. The van der Waals surface area contributed by atoms with Gasteiger partial charge >= 0.3 is 0 Å². The number of hydrogen-bond acceptors (Lipinski definition) is 6. The lowest BCUT2D eigenvalue weighted by atomic mass is 10.3. The van der Waals surface area contributed by atoms with Crippen LogP contribution in [0.1, 0.15) is 20.9 Å². The van der Waals surface area contributed by atoms with Crippen molar-refractivity contribution < 1.29 is 4.79 Å². The number of hydrogen-bond donors (Lipinski definition) is 2. The van der Waals surface area contributed by atoms with Gasteiger partial charge in [-0.15, -0.1) is 17.9 Å². The predicted octanol–water partition coefficient (Wildman–Crippen LogP) is 4.18. The van der Waals surface area contributed by atoms with Crippen molar-refractivity contribution >= 4 is 45.9 Å². The van der Waals surface area contributed by atoms with Gasteiger partial charge in [0.2, 0.25) is 0 Å². The summed E-state index contributed by atoms with van der Waals surface area (Å²) in [6, 6.07) is 1.92. The number of aromatic nitrogens is 4. The molecule has 0 fully saturated rings. The van der Waals surface area contributed by atoms with Crippen molar-refractivity contribution in [2.24, 2.45) is 0 Å². The second-order valence-electron chi connectivity index (χ2n) is 5.07. The molecule has 6 nitrogen and oxygen atoms in total. The van der Waals surface area contributed by atoms with E-state index in [1.165, 1.54) is 22.7 Å². The maximum atomic E-state index is 12.3. The first-order valence-electron chi connectivity index (χ1n) is 7.10. The smallest absolute Gasteiger partial charge is 0.267 e. The summed E-state index contributed by atoms with van der Waals surface area (Å²) in [5.41, 5.74) is 1.75. The van der Waals surface area contributed by atoms with Crippen LogP contribution in [-0.4, -0.2) is 25.7 Å². The maximum Gasteiger partial charge on any atom is 0.267 e. The number of carbonyl (C=O) groups is 1. The van der Waals surface area contributed by atoms with E-state index in [1.807, 2.05) is 29.9 Å². The minimum absolute atomic E-state index is 0.146. The van der Waals surface area contributed by atoms with Gasteiger partial charge in [0.05, 0.1) is 15.4 Å². The fraction of sp³-hybridized carbons (Fsp3) is 0.200. The fourth-order valence-corrected chi connectivity index (χ4v) is 4.19. The van der Waals surface area contributed by atoms with Gasteiger partial charge in [-0.05, 0) is 43.1 Å². The predicted molar refractivity (Wildman–Crippen MR) is 100 cm³/mol. The molecule has 3 aromatic heterocycles. The van der Waals surface area contributed by atoms with Gasteiger partial charge in [-0.3, -0.25) is 19.8 Å². The number of allylic oxidation sites excluding steroid dienone is 1. The van der Waals surface area contributed by atoms with Gasteiger partial charge in [-0.1, -0.05) is 17.4 Å². The molecule has 0 aliphatic heterocycles. The Kier molecular flexibility index (Phi) is 4.74. The molecule has 24 heavy (non-hydrogen) atoms. The van der Waals surface area contributed by atoms with Gasteiger partial charge in [0.15, 0.2) is 15.7 Å². The highest BCUT2D eigenvalue weighted by Crippen LogP contribution is 2.32. The Labute approximate surface area is 151 Å². The Bertz CT molecular complexity index is 962. The topological polar surface area (TPSA) is 75.6 Å². The highest BCUT2D eigenvalue weighted by molar-refractivity contribution is 7.71. The number of nitrogens with zero attached hydrogens (tertiary/aromatic N) is 3. The molecule has 0 unspecified atom stereocenters. The molecule has 0 saturated heterocycles. The van der Waals surface area contributed by atoms with Crippen molar-refractivity contribution in [2.45, 2.75) is 20.4 Å². The normalized spacial score (nSPS) is 10.8. The lowest BCUT2D eigenvalue weighted by Crippen LogP contribution is -2.10. The van der Waals surface area contributed by atoms with Crippen LogP contribution < -0.4 is 5.32 Å². The van der Waals surface area contributed by atoms with E-state index in [-0.39, 0.29) is 5.91 Å². The molecule has 124 valence electrons. The first-order valence-corrected chi connectivity index (χ1v) is 9.21. The zero-order chi connectivity index (χ0) is 17.3. The zero-order valence-electron chi connectivity index (χ0n) is 13.1. The summed E-state index contributed by atoms with van der Waals surface area (Å²) < 4.78 is 2.37. The molecule has 1 amide bonds. The molecule has 0 spiro atoms. The van der Waals surface area contributed by atoms with E-state index in [2.05, 4.69) is 27.1 Å². The molecular formula is C15H15N5OS3. The summed E-state index contributed by atoms with van der Waals surface area (Å²) in [5, 5.41) is 12.4. The van der Waals surface area contributed by atoms with Crippen molar-refractivity contribution in [3.8, 4) is 10.7 Å². The summed E-state index contributed by atoms with van der Waals surface area (Å²) in [7, 11) is 0. The fourth-order valence-electron chi connectivity index (χ4n) is 2.21. The second-order valence-corrected chi connectivity index (χ2v) is 7.37. The number of carbonyl (C=O) groups excluding carboxylic acids is 1. The van der Waals surface area contributed by atoms with Crippen LogP contribution in [0.2, 0.25) is 0 Å². The lowest BCUT2D eigenvalue weighted by Gasteiger charge is -2.01. The highest BCUT2D eigenvalue weighted by atomic mass is 32.1. The van der Waals surface area contributed by atoms with Crippen LogP contribution in [0.25, 0.3) is 10.7 Å². The van der Waals surface area contributed by atoms with Crippen LogP contribution >= 0.6 is 34.9 Å². The average molecular weight is 378 g/mol. The zero-order valence-corrected chi connectivity index (χ0v) is 15.6. The summed E-state index contributed by atoms with van der Waals surface area (Å²) in [6.45, 7) is 8.09. The summed E-state index contributed by atoms with van der Waals surface area (Å²) in [5.74, 6) is 0.551. The summed E-state index contributed by atoms with van der Waals surface area (Å²) in [4.78, 5) is 18.3. The molecule has 3 heterocycles. The molecule has 2 N–H and O–H groups in total. The molecule has 0 aliphatic rings. The minimum Gasteiger partial charge on any atom is -0.297 e. The minimum atomic E-state index is -0.146. The number of rotatable bonds is 5. The van der Waals surface area contributed by atoms with Crippen LogP contribution in [0.5, 0.6) is 0 Å². The third-order valence-electron chi connectivity index (χ3n) is 3.36. The Morgan fingerprint density at radius 1 is 1.54 bits per heavy atom. The van der Waals surface area contributed by atoms with Gasteiger partial charge in [0.25, 0.3) is 5.91 Å². The molecule has 0 aliphatic carbocycles. The maximum absolute atomic E-state index is 12.3. The van der Waals surface area contributed by atoms with E-state index in [1.54, 1.807) is 6.08 Å². The third kappa shape index (κ3) is 3.10. The molecule has 3 rings (SSSR count). The summed E-state index contributed by atoms with van der Waals surface area (Å²) >= 11 is 8.03. The Morgan fingerprint density at radius 3 is 3.00 bits per heavy atom. The molecule has 0 bridgehead atoms. The monoisotopic (exact) mass is 377 g/mol. The van der Waals surface area contributed by atoms with Crippen molar-refractivity contribution in [3.63, 3.8) is 0 Å². The quantitative estimate of drug-likeness (QED) is 0.517. The SMILES string of the molecule is C=CCn1c(-c2sc(NC(=O)c3sccc3C)nc2C)n[nH]c1=S. The van der Waals surface area contributed by atoms with Crippen molar-refractivity contribution in [3.05, 3.63) is 45.0 Å². The number of thiazole rings is 1. The second kappa shape index (κ2) is 6.80. The van der Waals surface area contributed by atoms with Crippen LogP contribution in [-0.2, 0) is 6.54 Å². The third-order valence-corrected chi connectivity index (χ3v) is 5.75. The van der Waals surface area contributed by atoms with Gasteiger partial charge in [-0.2, -0.15) is 5.10 Å². The van der Waals surface area contributed by atoms with Gasteiger partial charge in [0, 0.05) is 6.54 Å². The number of aryl methyl sites for hydroxylation is 2. The van der Waals surface area contributed by atoms with Crippen molar-refractivity contribution in [1.82, 2.24) is 19.7 Å². The van der Waals surface area contributed by atoms with Gasteiger partial charge < -0.3 is 0 Å². The largest absolute Gasteiger partial charge is 0.297 e. The number of amides is 1. The number of H-pyrrole nitrogens is 1. The van der Waals surface area contributed by atoms with Crippen LogP contribution in [0, 0.1) is 18.6 Å². The molecule has 0 aromatic carbocycles. The molecule has 0 radical (unpaired) electrons. The molecule has 9 heteroatoms. The Morgan fingerprint density at radius 2 is 2.33 bits per heavy atom. The van der Waals surface area contributed by atoms with Crippen molar-refractivity contribution in [2.75, 3.05) is 5.32 Å². The van der Waals surface area contributed by atoms with E-state index in [4.69, 9.17) is 12.2 Å².